The molecule has 2 rings (SSSR count). The lowest BCUT2D eigenvalue weighted by molar-refractivity contribution is 0.480. The molecule has 0 aromatic rings. The number of hydrogen-bond acceptors (Lipinski definition) is 0. The second kappa shape index (κ2) is 2.43. The van der Waals surface area contributed by atoms with E-state index in [9.17, 15) is 8.78 Å². The Balaban J connectivity index is 2.09. The van der Waals surface area contributed by atoms with Crippen molar-refractivity contribution in [3.63, 3.8) is 0 Å². The van der Waals surface area contributed by atoms with Crippen molar-refractivity contribution < 1.29 is 8.78 Å². The van der Waals surface area contributed by atoms with E-state index in [-0.39, 0.29) is 5.92 Å². The fourth-order valence-electron chi connectivity index (χ4n) is 1.53. The predicted molar refractivity (Wildman–Crippen MR) is 39.2 cm³/mol. The molecule has 2 aliphatic rings. The van der Waals surface area contributed by atoms with Gasteiger partial charge in [-0.15, -0.1) is 0 Å². The molecule has 11 heavy (non-hydrogen) atoms. The molecule has 0 saturated heterocycles. The van der Waals surface area contributed by atoms with E-state index in [1.807, 2.05) is 0 Å². The zero-order chi connectivity index (χ0) is 7.84. The van der Waals surface area contributed by atoms with Crippen LogP contribution in [0.15, 0.2) is 23.8 Å². The summed E-state index contributed by atoms with van der Waals surface area (Å²) in [6.07, 6.45) is 5.85. The van der Waals surface area contributed by atoms with Crippen molar-refractivity contribution in [1.29, 1.82) is 0 Å². The van der Waals surface area contributed by atoms with Crippen molar-refractivity contribution in [3.05, 3.63) is 23.8 Å². The first-order chi connectivity index (χ1) is 5.27. The second-order valence-electron chi connectivity index (χ2n) is 3.30. The van der Waals surface area contributed by atoms with E-state index >= 15 is 0 Å². The van der Waals surface area contributed by atoms with E-state index in [1.165, 1.54) is 25.0 Å². The summed E-state index contributed by atoms with van der Waals surface area (Å²) in [4.78, 5) is 0. The minimum absolute atomic E-state index is 0.273. The average Bonchev–Trinajstić information content (AvgIpc) is 2.77. The van der Waals surface area contributed by atoms with Gasteiger partial charge < -0.3 is 0 Å². The molecular formula is C9H10F2. The van der Waals surface area contributed by atoms with Gasteiger partial charge in [-0.1, -0.05) is 0 Å². The van der Waals surface area contributed by atoms with E-state index < -0.39 is 11.7 Å². The van der Waals surface area contributed by atoms with Gasteiger partial charge >= 0.3 is 0 Å². The molecule has 0 spiro atoms. The Morgan fingerprint density at radius 2 is 1.91 bits per heavy atom. The summed E-state index contributed by atoms with van der Waals surface area (Å²) in [5, 5.41) is 0. The standard InChI is InChI=1S/C9H10F2/c10-8-4-3-7(5-9(8)11)6-1-2-6/h4-7H,1-3H2. The number of hydrogen-bond donors (Lipinski definition) is 0. The number of allylic oxidation sites excluding steroid dienone is 4. The Morgan fingerprint density at radius 3 is 2.45 bits per heavy atom. The highest BCUT2D eigenvalue weighted by Gasteiger charge is 2.31. The molecule has 0 aromatic heterocycles. The second-order valence-corrected chi connectivity index (χ2v) is 3.30. The van der Waals surface area contributed by atoms with Gasteiger partial charge in [-0.3, -0.25) is 0 Å². The van der Waals surface area contributed by atoms with Crippen molar-refractivity contribution in [1.82, 2.24) is 0 Å². The van der Waals surface area contributed by atoms with Crippen LogP contribution < -0.4 is 0 Å². The van der Waals surface area contributed by atoms with Crippen LogP contribution in [0.1, 0.15) is 19.3 Å². The van der Waals surface area contributed by atoms with E-state index in [2.05, 4.69) is 0 Å². The average molecular weight is 156 g/mol. The van der Waals surface area contributed by atoms with Gasteiger partial charge in [0.25, 0.3) is 0 Å². The lowest BCUT2D eigenvalue weighted by atomic mass is 9.95. The van der Waals surface area contributed by atoms with E-state index in [1.54, 1.807) is 0 Å². The molecule has 1 fully saturated rings. The zero-order valence-electron chi connectivity index (χ0n) is 6.19. The third-order valence-corrected chi connectivity index (χ3v) is 2.39. The minimum Gasteiger partial charge on any atom is -0.204 e. The van der Waals surface area contributed by atoms with Crippen LogP contribution in [-0.2, 0) is 0 Å². The first-order valence-corrected chi connectivity index (χ1v) is 4.00. The molecule has 2 aliphatic carbocycles. The van der Waals surface area contributed by atoms with Gasteiger partial charge in [-0.05, 0) is 43.3 Å². The van der Waals surface area contributed by atoms with Crippen LogP contribution in [0.2, 0.25) is 0 Å². The van der Waals surface area contributed by atoms with Crippen LogP contribution in [0.4, 0.5) is 8.78 Å². The van der Waals surface area contributed by atoms with Crippen LogP contribution in [0.3, 0.4) is 0 Å². The molecule has 1 saturated carbocycles. The van der Waals surface area contributed by atoms with Crippen LogP contribution >= 0.6 is 0 Å². The summed E-state index contributed by atoms with van der Waals surface area (Å²) in [6, 6.07) is 0. The summed E-state index contributed by atoms with van der Waals surface area (Å²) in [7, 11) is 0. The number of rotatable bonds is 1. The van der Waals surface area contributed by atoms with E-state index in [4.69, 9.17) is 0 Å². The van der Waals surface area contributed by atoms with Crippen molar-refractivity contribution in [2.45, 2.75) is 19.3 Å². The normalized spacial score (nSPS) is 31.3. The monoisotopic (exact) mass is 156 g/mol. The highest BCUT2D eigenvalue weighted by Crippen LogP contribution is 2.42. The van der Waals surface area contributed by atoms with E-state index in [0.29, 0.717) is 12.3 Å². The predicted octanol–water partition coefficient (Wildman–Crippen LogP) is 3.12. The fourth-order valence-corrected chi connectivity index (χ4v) is 1.53. The first kappa shape index (κ1) is 7.01. The first-order valence-electron chi connectivity index (χ1n) is 4.00. The van der Waals surface area contributed by atoms with Gasteiger partial charge in [0.05, 0.1) is 0 Å². The summed E-state index contributed by atoms with van der Waals surface area (Å²) < 4.78 is 25.1. The van der Waals surface area contributed by atoms with Crippen molar-refractivity contribution in [3.8, 4) is 0 Å². The minimum atomic E-state index is -0.679. The van der Waals surface area contributed by atoms with E-state index in [0.717, 1.165) is 0 Å². The van der Waals surface area contributed by atoms with Crippen molar-refractivity contribution in [2.24, 2.45) is 11.8 Å². The lowest BCUT2D eigenvalue weighted by Gasteiger charge is -2.12. The summed E-state index contributed by atoms with van der Waals surface area (Å²) in [5.74, 6) is -0.436. The Labute approximate surface area is 64.6 Å². The SMILES string of the molecule is FC1=CCC(C2CC2)C=C1F. The van der Waals surface area contributed by atoms with Crippen molar-refractivity contribution in [2.75, 3.05) is 0 Å². The lowest BCUT2D eigenvalue weighted by Crippen LogP contribution is -2.02. The number of halogens is 2. The maximum Gasteiger partial charge on any atom is 0.154 e. The molecule has 60 valence electrons. The molecule has 0 bridgehead atoms. The highest BCUT2D eigenvalue weighted by molar-refractivity contribution is 5.24. The Bertz CT molecular complexity index is 224. The molecule has 0 amide bonds. The highest BCUT2D eigenvalue weighted by atomic mass is 19.2. The molecular weight excluding hydrogens is 146 g/mol. The van der Waals surface area contributed by atoms with Crippen LogP contribution in [-0.4, -0.2) is 0 Å². The van der Waals surface area contributed by atoms with Gasteiger partial charge in [0, 0.05) is 0 Å². The largest absolute Gasteiger partial charge is 0.204 e. The molecule has 1 unspecified atom stereocenters. The third-order valence-electron chi connectivity index (χ3n) is 2.39. The molecule has 0 N–H and O–H groups in total. The molecule has 0 aliphatic heterocycles. The topological polar surface area (TPSA) is 0 Å². The van der Waals surface area contributed by atoms with Gasteiger partial charge in [-0.25, -0.2) is 8.78 Å². The Hall–Kier alpha value is -0.660. The van der Waals surface area contributed by atoms with Gasteiger partial charge in [0.2, 0.25) is 0 Å². The van der Waals surface area contributed by atoms with Crippen LogP contribution in [0.5, 0.6) is 0 Å². The summed E-state index contributed by atoms with van der Waals surface area (Å²) >= 11 is 0. The summed E-state index contributed by atoms with van der Waals surface area (Å²) in [6.45, 7) is 0. The van der Waals surface area contributed by atoms with Gasteiger partial charge in [0.1, 0.15) is 0 Å². The fraction of sp³-hybridized carbons (Fsp3) is 0.556. The third kappa shape index (κ3) is 1.35. The summed E-state index contributed by atoms with van der Waals surface area (Å²) in [5.41, 5.74) is 0. The maximum atomic E-state index is 12.6. The van der Waals surface area contributed by atoms with Crippen molar-refractivity contribution >= 4 is 0 Å². The molecule has 0 heterocycles. The van der Waals surface area contributed by atoms with Crippen LogP contribution in [0.25, 0.3) is 0 Å². The maximum absolute atomic E-state index is 12.6. The van der Waals surface area contributed by atoms with Gasteiger partial charge in [0.15, 0.2) is 11.7 Å². The molecule has 1 atom stereocenters. The van der Waals surface area contributed by atoms with Crippen LogP contribution in [0, 0.1) is 11.8 Å². The molecule has 0 radical (unpaired) electrons. The molecule has 0 aromatic carbocycles. The smallest absolute Gasteiger partial charge is 0.154 e. The zero-order valence-corrected chi connectivity index (χ0v) is 6.19. The van der Waals surface area contributed by atoms with Gasteiger partial charge in [-0.2, -0.15) is 0 Å². The Morgan fingerprint density at radius 1 is 1.18 bits per heavy atom. The molecule has 0 nitrogen and oxygen atoms in total. The Kier molecular flexibility index (Phi) is 1.55. The quantitative estimate of drug-likeness (QED) is 0.547. The molecule has 2 heteroatoms.